The number of ether oxygens (including phenoxy) is 1. The van der Waals surface area contributed by atoms with Crippen molar-refractivity contribution >= 4 is 0 Å². The maximum Gasteiger partial charge on any atom is 0.0594 e. The van der Waals surface area contributed by atoms with Gasteiger partial charge in [-0.1, -0.05) is 6.07 Å². The van der Waals surface area contributed by atoms with Crippen LogP contribution in [0.25, 0.3) is 0 Å². The van der Waals surface area contributed by atoms with Crippen LogP contribution in [0.2, 0.25) is 0 Å². The third-order valence-electron chi connectivity index (χ3n) is 3.17. The molecule has 0 saturated carbocycles. The fraction of sp³-hybridized carbons (Fsp3) is 0.615. The quantitative estimate of drug-likeness (QED) is 0.828. The summed E-state index contributed by atoms with van der Waals surface area (Å²) in [5.74, 6) is 0. The van der Waals surface area contributed by atoms with Gasteiger partial charge in [-0.05, 0) is 18.6 Å². The zero-order valence-corrected chi connectivity index (χ0v) is 10.4. The second-order valence-electron chi connectivity index (χ2n) is 4.42. The molecular formula is C13H21N3O. The first-order valence-electron chi connectivity index (χ1n) is 6.29. The van der Waals surface area contributed by atoms with E-state index in [9.17, 15) is 0 Å². The minimum absolute atomic E-state index is 0.366. The summed E-state index contributed by atoms with van der Waals surface area (Å²) in [7, 11) is 0. The molecule has 0 spiro atoms. The van der Waals surface area contributed by atoms with Gasteiger partial charge in [0.05, 0.1) is 13.2 Å². The van der Waals surface area contributed by atoms with Crippen molar-refractivity contribution in [2.45, 2.75) is 13.0 Å². The van der Waals surface area contributed by atoms with Crippen molar-refractivity contribution in [1.29, 1.82) is 0 Å². The van der Waals surface area contributed by atoms with Gasteiger partial charge in [-0.3, -0.25) is 9.88 Å². The Kier molecular flexibility index (Phi) is 4.91. The molecule has 1 aromatic rings. The van der Waals surface area contributed by atoms with Gasteiger partial charge >= 0.3 is 0 Å². The van der Waals surface area contributed by atoms with E-state index < -0.39 is 0 Å². The monoisotopic (exact) mass is 235 g/mol. The van der Waals surface area contributed by atoms with Crippen LogP contribution in [0.15, 0.2) is 24.5 Å². The van der Waals surface area contributed by atoms with Gasteiger partial charge in [-0.15, -0.1) is 0 Å². The lowest BCUT2D eigenvalue weighted by atomic mass is 10.1. The van der Waals surface area contributed by atoms with Crippen LogP contribution in [0.4, 0.5) is 0 Å². The number of nitrogens with zero attached hydrogens (tertiary/aromatic N) is 2. The molecule has 2 heterocycles. The van der Waals surface area contributed by atoms with Crippen molar-refractivity contribution in [3.8, 4) is 0 Å². The van der Waals surface area contributed by atoms with Gasteiger partial charge in [0.2, 0.25) is 0 Å². The Hall–Kier alpha value is -0.970. The molecule has 4 heteroatoms. The number of rotatable bonds is 5. The predicted octanol–water partition coefficient (Wildman–Crippen LogP) is 1.06. The predicted molar refractivity (Wildman–Crippen MR) is 67.9 cm³/mol. The second-order valence-corrected chi connectivity index (χ2v) is 4.42. The Balaban J connectivity index is 1.67. The summed E-state index contributed by atoms with van der Waals surface area (Å²) in [6, 6.07) is 4.46. The molecule has 4 nitrogen and oxygen atoms in total. The summed E-state index contributed by atoms with van der Waals surface area (Å²) in [6.45, 7) is 8.14. The Morgan fingerprint density at radius 1 is 1.47 bits per heavy atom. The Bertz CT molecular complexity index is 312. The highest BCUT2D eigenvalue weighted by atomic mass is 16.5. The number of pyridine rings is 1. The van der Waals surface area contributed by atoms with Crippen molar-refractivity contribution < 1.29 is 4.74 Å². The van der Waals surface area contributed by atoms with Crippen LogP contribution in [-0.2, 0) is 4.74 Å². The second kappa shape index (κ2) is 6.69. The summed E-state index contributed by atoms with van der Waals surface area (Å²) in [5, 5.41) is 3.52. The van der Waals surface area contributed by atoms with E-state index in [4.69, 9.17) is 4.74 Å². The molecule has 1 aliphatic rings. The Morgan fingerprint density at radius 2 is 2.29 bits per heavy atom. The van der Waals surface area contributed by atoms with E-state index in [0.717, 1.165) is 39.4 Å². The molecule has 1 aromatic heterocycles. The Labute approximate surface area is 103 Å². The van der Waals surface area contributed by atoms with Gasteiger partial charge in [0.1, 0.15) is 0 Å². The van der Waals surface area contributed by atoms with Crippen molar-refractivity contribution in [2.24, 2.45) is 0 Å². The summed E-state index contributed by atoms with van der Waals surface area (Å²) >= 11 is 0. The first-order valence-corrected chi connectivity index (χ1v) is 6.29. The van der Waals surface area contributed by atoms with Crippen molar-refractivity contribution in [3.05, 3.63) is 30.1 Å². The summed E-state index contributed by atoms with van der Waals surface area (Å²) in [4.78, 5) is 6.57. The lowest BCUT2D eigenvalue weighted by Crippen LogP contribution is -2.40. The average molecular weight is 235 g/mol. The van der Waals surface area contributed by atoms with Gasteiger partial charge in [-0.2, -0.15) is 0 Å². The Morgan fingerprint density at radius 3 is 3.00 bits per heavy atom. The van der Waals surface area contributed by atoms with Crippen LogP contribution in [0, 0.1) is 0 Å². The highest BCUT2D eigenvalue weighted by Crippen LogP contribution is 2.09. The van der Waals surface area contributed by atoms with Crippen LogP contribution < -0.4 is 5.32 Å². The molecule has 0 amide bonds. The third kappa shape index (κ3) is 4.07. The van der Waals surface area contributed by atoms with Gasteiger partial charge in [0.15, 0.2) is 0 Å². The smallest absolute Gasteiger partial charge is 0.0594 e. The largest absolute Gasteiger partial charge is 0.379 e. The third-order valence-corrected chi connectivity index (χ3v) is 3.17. The molecule has 17 heavy (non-hydrogen) atoms. The fourth-order valence-corrected chi connectivity index (χ4v) is 2.01. The fourth-order valence-electron chi connectivity index (χ4n) is 2.01. The minimum atomic E-state index is 0.366. The maximum atomic E-state index is 5.33. The zero-order chi connectivity index (χ0) is 11.9. The zero-order valence-electron chi connectivity index (χ0n) is 10.4. The van der Waals surface area contributed by atoms with Gasteiger partial charge < -0.3 is 10.1 Å². The van der Waals surface area contributed by atoms with E-state index in [2.05, 4.69) is 28.2 Å². The topological polar surface area (TPSA) is 37.4 Å². The number of morpholine rings is 1. The maximum absolute atomic E-state index is 5.33. The van der Waals surface area contributed by atoms with Crippen LogP contribution in [0.3, 0.4) is 0 Å². The van der Waals surface area contributed by atoms with Crippen LogP contribution in [0.5, 0.6) is 0 Å². The molecule has 1 N–H and O–H groups in total. The lowest BCUT2D eigenvalue weighted by Gasteiger charge is -2.27. The van der Waals surface area contributed by atoms with E-state index in [1.54, 1.807) is 0 Å². The number of aromatic nitrogens is 1. The van der Waals surface area contributed by atoms with Crippen molar-refractivity contribution in [3.63, 3.8) is 0 Å². The first-order chi connectivity index (χ1) is 8.36. The molecular weight excluding hydrogens is 214 g/mol. The van der Waals surface area contributed by atoms with Crippen LogP contribution >= 0.6 is 0 Å². The molecule has 0 bridgehead atoms. The van der Waals surface area contributed by atoms with Crippen LogP contribution in [-0.4, -0.2) is 49.3 Å². The number of hydrogen-bond acceptors (Lipinski definition) is 4. The highest BCUT2D eigenvalue weighted by molar-refractivity contribution is 5.12. The van der Waals surface area contributed by atoms with Gasteiger partial charge in [0.25, 0.3) is 0 Å². The summed E-state index contributed by atoms with van der Waals surface area (Å²) < 4.78 is 5.33. The van der Waals surface area contributed by atoms with E-state index in [1.807, 2.05) is 18.5 Å². The number of nitrogens with one attached hydrogen (secondary N) is 1. The first kappa shape index (κ1) is 12.5. The standard InChI is InChI=1S/C13H21N3O/c1-12(13-3-2-4-14-11-13)15-5-6-16-7-9-17-10-8-16/h2-4,11-12,15H,5-10H2,1H3. The molecule has 2 rings (SSSR count). The van der Waals surface area contributed by atoms with E-state index in [-0.39, 0.29) is 0 Å². The lowest BCUT2D eigenvalue weighted by molar-refractivity contribution is 0.0382. The van der Waals surface area contributed by atoms with E-state index in [0.29, 0.717) is 6.04 Å². The molecule has 1 saturated heterocycles. The SMILES string of the molecule is CC(NCCN1CCOCC1)c1cccnc1. The highest BCUT2D eigenvalue weighted by Gasteiger charge is 2.10. The molecule has 0 radical (unpaired) electrons. The minimum Gasteiger partial charge on any atom is -0.379 e. The average Bonchev–Trinajstić information content (AvgIpc) is 2.41. The molecule has 0 aliphatic carbocycles. The van der Waals surface area contributed by atoms with Crippen LogP contribution in [0.1, 0.15) is 18.5 Å². The summed E-state index contributed by atoms with van der Waals surface area (Å²) in [5.41, 5.74) is 1.24. The number of hydrogen-bond donors (Lipinski definition) is 1. The molecule has 1 fully saturated rings. The van der Waals surface area contributed by atoms with E-state index in [1.165, 1.54) is 5.56 Å². The normalized spacial score (nSPS) is 19.1. The van der Waals surface area contributed by atoms with Gasteiger partial charge in [-0.25, -0.2) is 0 Å². The van der Waals surface area contributed by atoms with E-state index >= 15 is 0 Å². The molecule has 94 valence electrons. The molecule has 1 unspecified atom stereocenters. The molecule has 0 aromatic carbocycles. The molecule has 1 aliphatic heterocycles. The van der Waals surface area contributed by atoms with Gasteiger partial charge in [0, 0.05) is 44.6 Å². The van der Waals surface area contributed by atoms with Crippen molar-refractivity contribution in [1.82, 2.24) is 15.2 Å². The van der Waals surface area contributed by atoms with Crippen molar-refractivity contribution in [2.75, 3.05) is 39.4 Å². The molecule has 1 atom stereocenters. The summed E-state index contributed by atoms with van der Waals surface area (Å²) in [6.07, 6.45) is 3.73.